The van der Waals surface area contributed by atoms with Crippen LogP contribution in [0.5, 0.6) is 0 Å². The Balaban J connectivity index is 2.83. The number of methoxy groups -OCH3 is 1. The van der Waals surface area contributed by atoms with Crippen molar-refractivity contribution >= 4 is 21.9 Å². The molecule has 0 heterocycles. The highest BCUT2D eigenvalue weighted by Gasteiger charge is 2.16. The summed E-state index contributed by atoms with van der Waals surface area (Å²) in [6, 6.07) is 7.75. The number of carbonyl (C=O) groups excluding carboxylic acids is 1. The first-order valence-electron chi connectivity index (χ1n) is 3.93. The van der Waals surface area contributed by atoms with Crippen LogP contribution < -0.4 is 0 Å². The van der Waals surface area contributed by atoms with Crippen LogP contribution in [0.15, 0.2) is 24.3 Å². The number of rotatable bonds is 2. The van der Waals surface area contributed by atoms with Gasteiger partial charge in [-0.3, -0.25) is 4.79 Å². The van der Waals surface area contributed by atoms with Gasteiger partial charge in [-0.25, -0.2) is 0 Å². The number of carbonyl (C=O) groups is 1. The highest BCUT2D eigenvalue weighted by molar-refractivity contribution is 9.09. The van der Waals surface area contributed by atoms with Crippen molar-refractivity contribution in [1.82, 2.24) is 0 Å². The smallest absolute Gasteiger partial charge is 0.323 e. The fourth-order valence-electron chi connectivity index (χ4n) is 0.975. The Hall–Kier alpha value is -0.830. The second-order valence-corrected chi connectivity index (χ2v) is 3.71. The minimum absolute atomic E-state index is 0.274. The number of aryl methyl sites for hydroxylation is 1. The number of benzene rings is 1. The SMILES string of the molecule is COC(=O)C(Br)c1ccc(C)cc1. The van der Waals surface area contributed by atoms with Crippen LogP contribution in [0.1, 0.15) is 16.0 Å². The van der Waals surface area contributed by atoms with E-state index in [0.717, 1.165) is 5.56 Å². The summed E-state index contributed by atoms with van der Waals surface area (Å²) in [4.78, 5) is 10.8. The van der Waals surface area contributed by atoms with Crippen molar-refractivity contribution in [2.24, 2.45) is 0 Å². The number of halogens is 1. The number of ether oxygens (including phenoxy) is 1. The molecule has 1 aromatic rings. The molecule has 0 fully saturated rings. The molecule has 2 nitrogen and oxygen atoms in total. The average Bonchev–Trinajstić information content (AvgIpc) is 2.17. The molecule has 13 heavy (non-hydrogen) atoms. The van der Waals surface area contributed by atoms with E-state index in [-0.39, 0.29) is 10.8 Å². The maximum absolute atomic E-state index is 11.1. The van der Waals surface area contributed by atoms with Gasteiger partial charge in [0.25, 0.3) is 0 Å². The maximum Gasteiger partial charge on any atom is 0.323 e. The Morgan fingerprint density at radius 3 is 2.38 bits per heavy atom. The lowest BCUT2D eigenvalue weighted by Gasteiger charge is -2.07. The first-order chi connectivity index (χ1) is 6.15. The quantitative estimate of drug-likeness (QED) is 0.589. The van der Waals surface area contributed by atoms with Crippen LogP contribution in [-0.4, -0.2) is 13.1 Å². The van der Waals surface area contributed by atoms with Gasteiger partial charge >= 0.3 is 5.97 Å². The van der Waals surface area contributed by atoms with Crippen molar-refractivity contribution in [2.75, 3.05) is 7.11 Å². The Kier molecular flexibility index (Phi) is 3.48. The molecule has 0 radical (unpaired) electrons. The standard InChI is InChI=1S/C10H11BrO2/c1-7-3-5-8(6-4-7)9(11)10(12)13-2/h3-6,9H,1-2H3. The van der Waals surface area contributed by atoms with E-state index >= 15 is 0 Å². The molecule has 1 aromatic carbocycles. The predicted molar refractivity (Wildman–Crippen MR) is 54.9 cm³/mol. The number of hydrogen-bond acceptors (Lipinski definition) is 2. The summed E-state index contributed by atoms with van der Waals surface area (Å²) >= 11 is 3.26. The minimum Gasteiger partial charge on any atom is -0.468 e. The highest BCUT2D eigenvalue weighted by atomic mass is 79.9. The fraction of sp³-hybridized carbons (Fsp3) is 0.300. The monoisotopic (exact) mass is 242 g/mol. The Labute approximate surface area is 86.0 Å². The van der Waals surface area contributed by atoms with Crippen LogP contribution >= 0.6 is 15.9 Å². The third-order valence-electron chi connectivity index (χ3n) is 1.78. The summed E-state index contributed by atoms with van der Waals surface area (Å²) in [7, 11) is 1.38. The molecular weight excluding hydrogens is 232 g/mol. The van der Waals surface area contributed by atoms with E-state index in [4.69, 9.17) is 0 Å². The van der Waals surface area contributed by atoms with Crippen LogP contribution in [0.25, 0.3) is 0 Å². The van der Waals surface area contributed by atoms with Crippen LogP contribution in [0.4, 0.5) is 0 Å². The van der Waals surface area contributed by atoms with E-state index in [1.54, 1.807) is 0 Å². The van der Waals surface area contributed by atoms with Gasteiger partial charge in [0.15, 0.2) is 0 Å². The summed E-state index contributed by atoms with van der Waals surface area (Å²) < 4.78 is 4.61. The molecule has 1 atom stereocenters. The third-order valence-corrected chi connectivity index (χ3v) is 2.68. The van der Waals surface area contributed by atoms with E-state index in [2.05, 4.69) is 20.7 Å². The summed E-state index contributed by atoms with van der Waals surface area (Å²) in [5.41, 5.74) is 2.09. The van der Waals surface area contributed by atoms with Gasteiger partial charge in [-0.1, -0.05) is 45.8 Å². The van der Waals surface area contributed by atoms with E-state index < -0.39 is 0 Å². The number of alkyl halides is 1. The van der Waals surface area contributed by atoms with E-state index in [9.17, 15) is 4.79 Å². The van der Waals surface area contributed by atoms with Gasteiger partial charge in [0.1, 0.15) is 4.83 Å². The van der Waals surface area contributed by atoms with Crippen LogP contribution in [0.3, 0.4) is 0 Å². The van der Waals surface area contributed by atoms with Crippen LogP contribution in [-0.2, 0) is 9.53 Å². The van der Waals surface area contributed by atoms with Crippen molar-refractivity contribution < 1.29 is 9.53 Å². The molecule has 0 aliphatic heterocycles. The van der Waals surface area contributed by atoms with Gasteiger partial charge in [-0.05, 0) is 12.5 Å². The molecule has 0 aliphatic rings. The topological polar surface area (TPSA) is 26.3 Å². The summed E-state index contributed by atoms with van der Waals surface area (Å²) in [5.74, 6) is -0.274. The number of esters is 1. The molecule has 70 valence electrons. The molecule has 0 bridgehead atoms. The van der Waals surface area contributed by atoms with Gasteiger partial charge in [0.2, 0.25) is 0 Å². The molecule has 0 saturated carbocycles. The molecule has 3 heteroatoms. The highest BCUT2D eigenvalue weighted by Crippen LogP contribution is 2.23. The zero-order chi connectivity index (χ0) is 9.84. The molecule has 0 amide bonds. The zero-order valence-electron chi connectivity index (χ0n) is 7.58. The van der Waals surface area contributed by atoms with Gasteiger partial charge in [0.05, 0.1) is 7.11 Å². The first kappa shape index (κ1) is 10.3. The molecular formula is C10H11BrO2. The average molecular weight is 243 g/mol. The Morgan fingerprint density at radius 1 is 1.38 bits per heavy atom. The summed E-state index contributed by atoms with van der Waals surface area (Å²) in [6.07, 6.45) is 0. The van der Waals surface area contributed by atoms with Crippen molar-refractivity contribution in [2.45, 2.75) is 11.8 Å². The van der Waals surface area contributed by atoms with Gasteiger partial charge in [-0.2, -0.15) is 0 Å². The van der Waals surface area contributed by atoms with Crippen molar-refractivity contribution in [1.29, 1.82) is 0 Å². The molecule has 0 aliphatic carbocycles. The molecule has 1 unspecified atom stereocenters. The predicted octanol–water partition coefficient (Wildman–Crippen LogP) is 2.60. The normalized spacial score (nSPS) is 12.2. The third kappa shape index (κ3) is 2.56. The second kappa shape index (κ2) is 4.42. The summed E-state index contributed by atoms with van der Waals surface area (Å²) in [5, 5.41) is 0. The zero-order valence-corrected chi connectivity index (χ0v) is 9.17. The lowest BCUT2D eigenvalue weighted by Crippen LogP contribution is -2.07. The molecule has 1 rings (SSSR count). The molecule has 0 spiro atoms. The van der Waals surface area contributed by atoms with Crippen molar-refractivity contribution in [3.05, 3.63) is 35.4 Å². The van der Waals surface area contributed by atoms with E-state index in [0.29, 0.717) is 0 Å². The lowest BCUT2D eigenvalue weighted by molar-refractivity contribution is -0.139. The Morgan fingerprint density at radius 2 is 1.92 bits per heavy atom. The van der Waals surface area contributed by atoms with Crippen molar-refractivity contribution in [3.63, 3.8) is 0 Å². The van der Waals surface area contributed by atoms with Crippen molar-refractivity contribution in [3.8, 4) is 0 Å². The van der Waals surface area contributed by atoms with Gasteiger partial charge in [0, 0.05) is 0 Å². The summed E-state index contributed by atoms with van der Waals surface area (Å²) in [6.45, 7) is 2.01. The van der Waals surface area contributed by atoms with Crippen LogP contribution in [0, 0.1) is 6.92 Å². The van der Waals surface area contributed by atoms with Gasteiger partial charge in [-0.15, -0.1) is 0 Å². The second-order valence-electron chi connectivity index (χ2n) is 2.80. The first-order valence-corrected chi connectivity index (χ1v) is 4.85. The van der Waals surface area contributed by atoms with E-state index in [1.165, 1.54) is 12.7 Å². The largest absolute Gasteiger partial charge is 0.468 e. The lowest BCUT2D eigenvalue weighted by atomic mass is 10.1. The van der Waals surface area contributed by atoms with E-state index in [1.807, 2.05) is 31.2 Å². The minimum atomic E-state index is -0.363. The molecule has 0 saturated heterocycles. The molecule has 0 N–H and O–H groups in total. The molecule has 0 aromatic heterocycles. The van der Waals surface area contributed by atoms with Crippen LogP contribution in [0.2, 0.25) is 0 Å². The fourth-order valence-corrected chi connectivity index (χ4v) is 1.47. The van der Waals surface area contributed by atoms with Gasteiger partial charge < -0.3 is 4.74 Å². The number of hydrogen-bond donors (Lipinski definition) is 0. The maximum atomic E-state index is 11.1. The Bertz CT molecular complexity index is 292.